The number of carbonyl (C=O) groups excluding carboxylic acids is 2. The molecule has 2 aromatic carbocycles. The molecular weight excluding hydrogens is 450 g/mol. The number of ketones is 1. The first-order chi connectivity index (χ1) is 15.8. The van der Waals surface area contributed by atoms with E-state index in [0.717, 1.165) is 24.3 Å². The molecule has 0 aliphatic carbocycles. The average Bonchev–Trinajstić information content (AvgIpc) is 3.04. The summed E-state index contributed by atoms with van der Waals surface area (Å²) in [6.45, 7) is -4.92. The summed E-state index contributed by atoms with van der Waals surface area (Å²) in [5.74, 6) is -3.42. The highest BCUT2D eigenvalue weighted by Crippen LogP contribution is 2.33. The monoisotopic (exact) mass is 467 g/mol. The fourth-order valence-electron chi connectivity index (χ4n) is 2.81. The third-order valence-electron chi connectivity index (χ3n) is 4.11. The van der Waals surface area contributed by atoms with Crippen LogP contribution in [-0.4, -0.2) is 31.6 Å². The number of rotatable bonds is 9. The van der Waals surface area contributed by atoms with Crippen LogP contribution in [0.25, 0.3) is 6.08 Å². The minimum absolute atomic E-state index is 0.00868. The number of para-hydroxylation sites is 1. The molecule has 1 aliphatic rings. The minimum atomic E-state index is -3.28. The quantitative estimate of drug-likeness (QED) is 0.247. The van der Waals surface area contributed by atoms with Gasteiger partial charge in [-0.15, -0.1) is 0 Å². The van der Waals surface area contributed by atoms with Gasteiger partial charge in [0.1, 0.15) is 11.5 Å². The van der Waals surface area contributed by atoms with Crippen LogP contribution in [0.3, 0.4) is 0 Å². The number of ether oxygens (including phenoxy) is 4. The fraction of sp³-hybridized carbons (Fsp3) is 0.182. The zero-order valence-electron chi connectivity index (χ0n) is 17.0. The standard InChI is InChI=1S/C22H17F4NO6/c1-2-30-20(29)17-18(28)16(32-19(17)27-13-6-4-3-5-7-13)10-12-8-9-14(31-21(23)24)11-15(12)33-22(25)26/h3-11,21-22,27H,2H2,1H3/b16-10-. The second kappa shape index (κ2) is 10.5. The molecule has 0 aromatic heterocycles. The van der Waals surface area contributed by atoms with Crippen LogP contribution < -0.4 is 14.8 Å². The molecule has 0 unspecified atom stereocenters. The lowest BCUT2D eigenvalue weighted by molar-refractivity contribution is -0.139. The van der Waals surface area contributed by atoms with Crippen LogP contribution >= 0.6 is 0 Å². The van der Waals surface area contributed by atoms with Crippen molar-refractivity contribution in [2.45, 2.75) is 20.1 Å². The molecule has 0 saturated carbocycles. The molecule has 0 saturated heterocycles. The third kappa shape index (κ3) is 6.03. The largest absolute Gasteiger partial charge is 0.462 e. The third-order valence-corrected chi connectivity index (χ3v) is 4.11. The topological polar surface area (TPSA) is 83.1 Å². The first-order valence-corrected chi connectivity index (χ1v) is 9.49. The summed E-state index contributed by atoms with van der Waals surface area (Å²) >= 11 is 0. The van der Waals surface area contributed by atoms with Gasteiger partial charge in [-0.3, -0.25) is 4.79 Å². The number of hydrogen-bond acceptors (Lipinski definition) is 7. The lowest BCUT2D eigenvalue weighted by atomic mass is 10.1. The zero-order chi connectivity index (χ0) is 24.0. The molecule has 33 heavy (non-hydrogen) atoms. The van der Waals surface area contributed by atoms with Crippen molar-refractivity contribution < 1.29 is 46.1 Å². The van der Waals surface area contributed by atoms with E-state index in [9.17, 15) is 27.2 Å². The predicted molar refractivity (Wildman–Crippen MR) is 107 cm³/mol. The Bertz CT molecular complexity index is 1090. The number of allylic oxidation sites excluding steroid dienone is 1. The van der Waals surface area contributed by atoms with E-state index < -0.39 is 47.8 Å². The van der Waals surface area contributed by atoms with Gasteiger partial charge in [-0.05, 0) is 37.3 Å². The summed E-state index contributed by atoms with van der Waals surface area (Å²) in [4.78, 5) is 25.2. The molecule has 7 nitrogen and oxygen atoms in total. The van der Waals surface area contributed by atoms with E-state index >= 15 is 0 Å². The Kier molecular flexibility index (Phi) is 7.54. The van der Waals surface area contributed by atoms with Crippen molar-refractivity contribution in [3.8, 4) is 11.5 Å². The van der Waals surface area contributed by atoms with E-state index in [1.165, 1.54) is 0 Å². The van der Waals surface area contributed by atoms with E-state index in [1.54, 1.807) is 37.3 Å². The van der Waals surface area contributed by atoms with Crippen molar-refractivity contribution >= 4 is 23.5 Å². The molecule has 0 bridgehead atoms. The number of anilines is 1. The van der Waals surface area contributed by atoms with E-state index in [4.69, 9.17) is 9.47 Å². The van der Waals surface area contributed by atoms with Gasteiger partial charge in [-0.25, -0.2) is 4.79 Å². The zero-order valence-corrected chi connectivity index (χ0v) is 17.0. The van der Waals surface area contributed by atoms with Crippen molar-refractivity contribution in [3.05, 3.63) is 71.3 Å². The Morgan fingerprint density at radius 2 is 1.76 bits per heavy atom. The van der Waals surface area contributed by atoms with Crippen LogP contribution in [0.1, 0.15) is 12.5 Å². The molecule has 0 radical (unpaired) electrons. The molecule has 1 N–H and O–H groups in total. The summed E-state index contributed by atoms with van der Waals surface area (Å²) in [5.41, 5.74) is -0.0380. The molecule has 2 aromatic rings. The number of esters is 1. The van der Waals surface area contributed by atoms with Gasteiger partial charge in [-0.1, -0.05) is 18.2 Å². The maximum absolute atomic E-state index is 12.9. The van der Waals surface area contributed by atoms with Gasteiger partial charge in [-0.2, -0.15) is 17.6 Å². The Hall–Kier alpha value is -4.02. The highest BCUT2D eigenvalue weighted by atomic mass is 19.3. The summed E-state index contributed by atoms with van der Waals surface area (Å²) < 4.78 is 69.5. The predicted octanol–water partition coefficient (Wildman–Crippen LogP) is 4.72. The van der Waals surface area contributed by atoms with Gasteiger partial charge in [0.25, 0.3) is 0 Å². The number of benzene rings is 2. The number of halogens is 4. The Balaban J connectivity index is 1.97. The number of alkyl halides is 4. The Morgan fingerprint density at radius 1 is 1.06 bits per heavy atom. The highest BCUT2D eigenvalue weighted by molar-refractivity contribution is 6.26. The molecule has 0 amide bonds. The molecule has 174 valence electrons. The number of carbonyl (C=O) groups is 2. The van der Waals surface area contributed by atoms with Gasteiger partial charge in [0.15, 0.2) is 11.3 Å². The van der Waals surface area contributed by atoms with E-state index in [0.29, 0.717) is 5.69 Å². The average molecular weight is 467 g/mol. The smallest absolute Gasteiger partial charge is 0.387 e. The maximum atomic E-state index is 12.9. The van der Waals surface area contributed by atoms with E-state index in [1.807, 2.05) is 0 Å². The Morgan fingerprint density at radius 3 is 2.39 bits per heavy atom. The molecule has 0 spiro atoms. The van der Waals surface area contributed by atoms with Crippen molar-refractivity contribution in [3.63, 3.8) is 0 Å². The fourth-order valence-corrected chi connectivity index (χ4v) is 2.81. The van der Waals surface area contributed by atoms with Gasteiger partial charge in [0.2, 0.25) is 11.7 Å². The number of nitrogens with one attached hydrogen (secondary N) is 1. The first-order valence-electron chi connectivity index (χ1n) is 9.49. The van der Waals surface area contributed by atoms with Crippen LogP contribution in [0.4, 0.5) is 23.2 Å². The van der Waals surface area contributed by atoms with Gasteiger partial charge >= 0.3 is 19.2 Å². The Labute approximate surface area is 185 Å². The van der Waals surface area contributed by atoms with Crippen molar-refractivity contribution in [2.75, 3.05) is 11.9 Å². The molecule has 1 heterocycles. The number of Topliss-reactive ketones (excluding diaryl/α,β-unsaturated/α-hetero) is 1. The summed E-state index contributed by atoms with van der Waals surface area (Å²) in [6, 6.07) is 11.5. The normalized spacial score (nSPS) is 14.6. The van der Waals surface area contributed by atoms with Gasteiger partial charge in [0, 0.05) is 17.3 Å². The molecule has 0 fully saturated rings. The number of hydrogen-bond donors (Lipinski definition) is 1. The van der Waals surface area contributed by atoms with Crippen LogP contribution in [0.5, 0.6) is 11.5 Å². The van der Waals surface area contributed by atoms with Crippen LogP contribution in [0, 0.1) is 0 Å². The van der Waals surface area contributed by atoms with Crippen LogP contribution in [0.2, 0.25) is 0 Å². The van der Waals surface area contributed by atoms with Crippen LogP contribution in [-0.2, 0) is 19.1 Å². The maximum Gasteiger partial charge on any atom is 0.387 e. The lowest BCUT2D eigenvalue weighted by Gasteiger charge is -2.12. The minimum Gasteiger partial charge on any atom is -0.462 e. The summed E-state index contributed by atoms with van der Waals surface area (Å²) in [6.07, 6.45) is 1.03. The van der Waals surface area contributed by atoms with Gasteiger partial charge < -0.3 is 24.3 Å². The van der Waals surface area contributed by atoms with Crippen molar-refractivity contribution in [1.82, 2.24) is 0 Å². The van der Waals surface area contributed by atoms with Crippen molar-refractivity contribution in [1.29, 1.82) is 0 Å². The van der Waals surface area contributed by atoms with E-state index in [2.05, 4.69) is 14.8 Å². The molecule has 11 heteroatoms. The second-order valence-electron chi connectivity index (χ2n) is 6.31. The molecular formula is C22H17F4NO6. The molecule has 3 rings (SSSR count). The van der Waals surface area contributed by atoms with Crippen LogP contribution in [0.15, 0.2) is 65.7 Å². The van der Waals surface area contributed by atoms with Gasteiger partial charge in [0.05, 0.1) is 6.61 Å². The second-order valence-corrected chi connectivity index (χ2v) is 6.31. The lowest BCUT2D eigenvalue weighted by Crippen LogP contribution is -2.16. The molecule has 1 aliphatic heterocycles. The van der Waals surface area contributed by atoms with Crippen molar-refractivity contribution in [2.24, 2.45) is 0 Å². The summed E-state index contributed by atoms with van der Waals surface area (Å²) in [7, 11) is 0. The van der Waals surface area contributed by atoms with E-state index in [-0.39, 0.29) is 18.1 Å². The summed E-state index contributed by atoms with van der Waals surface area (Å²) in [5, 5.41) is 2.79. The molecule has 0 atom stereocenters. The first kappa shape index (κ1) is 23.6. The SMILES string of the molecule is CCOC(=O)C1=C(Nc2ccccc2)O/C(=C\c2ccc(OC(F)F)cc2OC(F)F)C1=O. The highest BCUT2D eigenvalue weighted by Gasteiger charge is 2.37.